The van der Waals surface area contributed by atoms with Gasteiger partial charge in [-0.1, -0.05) is 0 Å². The van der Waals surface area contributed by atoms with E-state index in [9.17, 15) is 19.3 Å². The van der Waals surface area contributed by atoms with Crippen LogP contribution < -0.4 is 0 Å². The Hall–Kier alpha value is -2.53. The molecule has 1 fully saturated rings. The van der Waals surface area contributed by atoms with Gasteiger partial charge in [-0.3, -0.25) is 19.8 Å². The number of non-ortho nitro benzene ring substituents is 1. The number of hydrogen-bond donors (Lipinski definition) is 0. The average molecular weight is 292 g/mol. The van der Waals surface area contributed by atoms with E-state index in [1.54, 1.807) is 0 Å². The van der Waals surface area contributed by atoms with Crippen molar-refractivity contribution in [1.29, 1.82) is 5.26 Å². The van der Waals surface area contributed by atoms with Crippen LogP contribution in [0.25, 0.3) is 0 Å². The van der Waals surface area contributed by atoms with E-state index in [0.717, 1.165) is 18.2 Å². The molecular formula is C13H13FN4O3. The van der Waals surface area contributed by atoms with Gasteiger partial charge in [-0.2, -0.15) is 5.26 Å². The molecule has 0 aliphatic carbocycles. The van der Waals surface area contributed by atoms with Crippen LogP contribution in [0.1, 0.15) is 10.4 Å². The second-order valence-corrected chi connectivity index (χ2v) is 4.68. The van der Waals surface area contributed by atoms with Gasteiger partial charge in [0.25, 0.3) is 11.6 Å². The molecule has 110 valence electrons. The molecule has 1 amide bonds. The van der Waals surface area contributed by atoms with E-state index in [4.69, 9.17) is 5.26 Å². The van der Waals surface area contributed by atoms with Crippen molar-refractivity contribution in [3.63, 3.8) is 0 Å². The van der Waals surface area contributed by atoms with Crippen molar-refractivity contribution in [2.24, 2.45) is 0 Å². The molecule has 8 heteroatoms. The minimum absolute atomic E-state index is 0.0320. The zero-order chi connectivity index (χ0) is 15.4. The van der Waals surface area contributed by atoms with Crippen LogP contribution in [0.15, 0.2) is 18.2 Å². The van der Waals surface area contributed by atoms with E-state index in [1.165, 1.54) is 4.90 Å². The van der Waals surface area contributed by atoms with E-state index < -0.39 is 22.3 Å². The third-order valence-electron chi connectivity index (χ3n) is 3.29. The highest BCUT2D eigenvalue weighted by molar-refractivity contribution is 5.95. The first-order valence-corrected chi connectivity index (χ1v) is 6.35. The maximum absolute atomic E-state index is 13.4. The highest BCUT2D eigenvalue weighted by Gasteiger charge is 2.23. The van der Waals surface area contributed by atoms with Gasteiger partial charge in [-0.05, 0) is 6.07 Å². The molecule has 2 rings (SSSR count). The van der Waals surface area contributed by atoms with Crippen LogP contribution >= 0.6 is 0 Å². The Kier molecular flexibility index (Phi) is 4.45. The molecule has 7 nitrogen and oxygen atoms in total. The summed E-state index contributed by atoms with van der Waals surface area (Å²) < 4.78 is 13.4. The van der Waals surface area contributed by atoms with Gasteiger partial charge < -0.3 is 4.90 Å². The van der Waals surface area contributed by atoms with Gasteiger partial charge in [-0.25, -0.2) is 4.39 Å². The number of carbonyl (C=O) groups is 1. The summed E-state index contributed by atoms with van der Waals surface area (Å²) >= 11 is 0. The van der Waals surface area contributed by atoms with Crippen LogP contribution in [0.3, 0.4) is 0 Å². The molecule has 0 bridgehead atoms. The van der Waals surface area contributed by atoms with Crippen LogP contribution in [-0.2, 0) is 0 Å². The SMILES string of the molecule is N#CCN1CCN(C(=O)c2cc(F)cc([N+](=O)[O-])c2)CC1. The van der Waals surface area contributed by atoms with E-state index in [0.29, 0.717) is 32.7 Å². The lowest BCUT2D eigenvalue weighted by Crippen LogP contribution is -2.48. The predicted octanol–water partition coefficient (Wildman–Crippen LogP) is 1.02. The predicted molar refractivity (Wildman–Crippen MR) is 71.0 cm³/mol. The number of piperazine rings is 1. The monoisotopic (exact) mass is 292 g/mol. The van der Waals surface area contributed by atoms with Gasteiger partial charge in [0, 0.05) is 37.8 Å². The fraction of sp³-hybridized carbons (Fsp3) is 0.385. The summed E-state index contributed by atoms with van der Waals surface area (Å²) in [6, 6.07) is 4.89. The second-order valence-electron chi connectivity index (χ2n) is 4.68. The van der Waals surface area contributed by atoms with Crippen molar-refractivity contribution >= 4 is 11.6 Å². The maximum Gasteiger partial charge on any atom is 0.273 e. The quantitative estimate of drug-likeness (QED) is 0.471. The summed E-state index contributed by atoms with van der Waals surface area (Å²) in [5, 5.41) is 19.3. The summed E-state index contributed by atoms with van der Waals surface area (Å²) in [5.74, 6) is -1.25. The van der Waals surface area contributed by atoms with E-state index in [1.807, 2.05) is 11.0 Å². The number of hydrogen-bond acceptors (Lipinski definition) is 5. The lowest BCUT2D eigenvalue weighted by Gasteiger charge is -2.33. The molecule has 0 N–H and O–H groups in total. The number of carbonyl (C=O) groups excluding carboxylic acids is 1. The number of nitrogens with zero attached hydrogens (tertiary/aromatic N) is 4. The lowest BCUT2D eigenvalue weighted by molar-refractivity contribution is -0.385. The van der Waals surface area contributed by atoms with Crippen LogP contribution in [0, 0.1) is 27.3 Å². The molecule has 1 aromatic rings. The third kappa shape index (κ3) is 3.52. The van der Waals surface area contributed by atoms with Crippen LogP contribution in [0.4, 0.5) is 10.1 Å². The normalized spacial score (nSPS) is 15.5. The highest BCUT2D eigenvalue weighted by Crippen LogP contribution is 2.18. The molecule has 0 spiro atoms. The average Bonchev–Trinajstić information content (AvgIpc) is 2.47. The minimum Gasteiger partial charge on any atom is -0.336 e. The van der Waals surface area contributed by atoms with Crippen molar-refractivity contribution in [3.8, 4) is 6.07 Å². The van der Waals surface area contributed by atoms with Crippen LogP contribution in [0.5, 0.6) is 0 Å². The lowest BCUT2D eigenvalue weighted by atomic mass is 10.1. The van der Waals surface area contributed by atoms with Gasteiger partial charge in [0.1, 0.15) is 5.82 Å². The summed E-state index contributed by atoms with van der Waals surface area (Å²) in [6.07, 6.45) is 0. The molecule has 0 saturated carbocycles. The molecule has 1 aliphatic rings. The molecule has 0 radical (unpaired) electrons. The largest absolute Gasteiger partial charge is 0.336 e. The summed E-state index contributed by atoms with van der Waals surface area (Å²) in [4.78, 5) is 25.6. The van der Waals surface area contributed by atoms with E-state index >= 15 is 0 Å². The number of amides is 1. The first-order valence-electron chi connectivity index (χ1n) is 6.35. The molecule has 1 aliphatic heterocycles. The van der Waals surface area contributed by atoms with Crippen LogP contribution in [0.2, 0.25) is 0 Å². The van der Waals surface area contributed by atoms with Crippen molar-refractivity contribution in [1.82, 2.24) is 9.80 Å². The molecule has 0 aromatic heterocycles. The molecule has 0 unspecified atom stereocenters. The molecule has 21 heavy (non-hydrogen) atoms. The molecule has 1 heterocycles. The molecule has 0 atom stereocenters. The van der Waals surface area contributed by atoms with Gasteiger partial charge >= 0.3 is 0 Å². The van der Waals surface area contributed by atoms with E-state index in [-0.39, 0.29) is 5.56 Å². The summed E-state index contributed by atoms with van der Waals surface area (Å²) in [6.45, 7) is 2.22. The first-order chi connectivity index (χ1) is 10.0. The number of nitro groups is 1. The Morgan fingerprint density at radius 2 is 2.00 bits per heavy atom. The molecular weight excluding hydrogens is 279 g/mol. The first kappa shape index (κ1) is 14.9. The number of nitriles is 1. The van der Waals surface area contributed by atoms with Crippen molar-refractivity contribution < 1.29 is 14.1 Å². The second kappa shape index (κ2) is 6.28. The molecule has 1 saturated heterocycles. The Bertz CT molecular complexity index is 606. The smallest absolute Gasteiger partial charge is 0.273 e. The zero-order valence-corrected chi connectivity index (χ0v) is 11.2. The fourth-order valence-electron chi connectivity index (χ4n) is 2.19. The van der Waals surface area contributed by atoms with Crippen molar-refractivity contribution in [3.05, 3.63) is 39.7 Å². The maximum atomic E-state index is 13.4. The molecule has 1 aromatic carbocycles. The fourth-order valence-corrected chi connectivity index (χ4v) is 2.19. The minimum atomic E-state index is -0.810. The summed E-state index contributed by atoms with van der Waals surface area (Å²) in [5.41, 5.74) is -0.475. The highest BCUT2D eigenvalue weighted by atomic mass is 19.1. The van der Waals surface area contributed by atoms with E-state index in [2.05, 4.69) is 0 Å². The summed E-state index contributed by atoms with van der Waals surface area (Å²) in [7, 11) is 0. The van der Waals surface area contributed by atoms with Gasteiger partial charge in [0.2, 0.25) is 0 Å². The zero-order valence-electron chi connectivity index (χ0n) is 11.2. The topological polar surface area (TPSA) is 90.5 Å². The number of rotatable bonds is 3. The van der Waals surface area contributed by atoms with Crippen LogP contribution in [-0.4, -0.2) is 53.4 Å². The number of halogens is 1. The Morgan fingerprint density at radius 1 is 1.33 bits per heavy atom. The Labute approximate surface area is 120 Å². The van der Waals surface area contributed by atoms with Crippen molar-refractivity contribution in [2.75, 3.05) is 32.7 Å². The van der Waals surface area contributed by atoms with Gasteiger partial charge in [0.05, 0.1) is 23.6 Å². The Balaban J connectivity index is 2.11. The Morgan fingerprint density at radius 3 is 2.57 bits per heavy atom. The van der Waals surface area contributed by atoms with Gasteiger partial charge in [0.15, 0.2) is 0 Å². The number of benzene rings is 1. The third-order valence-corrected chi connectivity index (χ3v) is 3.29. The van der Waals surface area contributed by atoms with Gasteiger partial charge in [-0.15, -0.1) is 0 Å². The van der Waals surface area contributed by atoms with Crippen molar-refractivity contribution in [2.45, 2.75) is 0 Å². The standard InChI is InChI=1S/C13H13FN4O3/c14-11-7-10(8-12(9-11)18(20)21)13(19)17-5-3-16(2-1-15)4-6-17/h7-9H,2-6H2. The number of nitro benzene ring substituents is 1.